The summed E-state index contributed by atoms with van der Waals surface area (Å²) in [4.78, 5) is 16.0. The third-order valence-corrected chi connectivity index (χ3v) is 3.47. The lowest BCUT2D eigenvalue weighted by Gasteiger charge is -2.24. The number of nitrogens with zero attached hydrogens (tertiary/aromatic N) is 2. The molecule has 16 heavy (non-hydrogen) atoms. The van der Waals surface area contributed by atoms with Gasteiger partial charge in [0.1, 0.15) is 4.47 Å². The van der Waals surface area contributed by atoms with E-state index in [0.717, 1.165) is 13.1 Å². The lowest BCUT2D eigenvalue weighted by molar-refractivity contribution is 0.0174. The number of hydrogen-bond acceptors (Lipinski definition) is 4. The van der Waals surface area contributed by atoms with E-state index in [0.29, 0.717) is 23.3 Å². The predicted molar refractivity (Wildman–Crippen MR) is 63.5 cm³/mol. The molecule has 1 fully saturated rings. The molecule has 2 rings (SSSR count). The summed E-state index contributed by atoms with van der Waals surface area (Å²) < 4.78 is 7.65. The van der Waals surface area contributed by atoms with Gasteiger partial charge in [-0.25, -0.2) is 4.98 Å². The van der Waals surface area contributed by atoms with Gasteiger partial charge in [-0.15, -0.1) is 0 Å². The molecular weight excluding hydrogens is 274 g/mol. The van der Waals surface area contributed by atoms with Gasteiger partial charge in [-0.1, -0.05) is 0 Å². The first-order valence-electron chi connectivity index (χ1n) is 5.22. The van der Waals surface area contributed by atoms with E-state index in [2.05, 4.69) is 26.2 Å². The summed E-state index contributed by atoms with van der Waals surface area (Å²) >= 11 is 3.24. The van der Waals surface area contributed by atoms with E-state index in [1.54, 1.807) is 17.8 Å². The van der Waals surface area contributed by atoms with Gasteiger partial charge in [-0.2, -0.15) is 0 Å². The lowest BCUT2D eigenvalue weighted by Crippen LogP contribution is -2.42. The minimum atomic E-state index is -0.0540. The van der Waals surface area contributed by atoms with Crippen molar-refractivity contribution in [3.63, 3.8) is 0 Å². The molecule has 1 aliphatic heterocycles. The Labute approximate surface area is 102 Å². The smallest absolute Gasteiger partial charge is 0.267 e. The molecule has 1 aromatic rings. The monoisotopic (exact) mass is 287 g/mol. The molecule has 1 saturated heterocycles. The van der Waals surface area contributed by atoms with Gasteiger partial charge < -0.3 is 10.1 Å². The van der Waals surface area contributed by atoms with Crippen LogP contribution in [-0.4, -0.2) is 35.4 Å². The number of aromatic nitrogens is 2. The first-order valence-corrected chi connectivity index (χ1v) is 6.01. The molecular formula is C10H14BrN3O2. The lowest BCUT2D eigenvalue weighted by atomic mass is 10.3. The first-order chi connectivity index (χ1) is 7.68. The zero-order valence-corrected chi connectivity index (χ0v) is 10.7. The van der Waals surface area contributed by atoms with Crippen LogP contribution in [0.2, 0.25) is 0 Å². The van der Waals surface area contributed by atoms with E-state index in [9.17, 15) is 4.79 Å². The predicted octanol–water partition coefficient (Wildman–Crippen LogP) is 0.303. The van der Waals surface area contributed by atoms with Crippen molar-refractivity contribution in [3.05, 3.63) is 26.8 Å². The van der Waals surface area contributed by atoms with Gasteiger partial charge in [0.15, 0.2) is 0 Å². The molecule has 0 aliphatic carbocycles. The fraction of sp³-hybridized carbons (Fsp3) is 0.600. The molecule has 0 bridgehead atoms. The number of aryl methyl sites for hydroxylation is 1. The van der Waals surface area contributed by atoms with E-state index in [1.807, 2.05) is 0 Å². The maximum atomic E-state index is 11.9. The van der Waals surface area contributed by atoms with Crippen LogP contribution in [0.1, 0.15) is 5.69 Å². The van der Waals surface area contributed by atoms with Crippen LogP contribution in [0.3, 0.4) is 0 Å². The second-order valence-corrected chi connectivity index (χ2v) is 4.59. The van der Waals surface area contributed by atoms with Crippen LogP contribution in [0.4, 0.5) is 0 Å². The Hall–Kier alpha value is -0.720. The Morgan fingerprint density at radius 1 is 1.75 bits per heavy atom. The standard InChI is InChI=1S/C10H14BrN3O2/c1-7-9(11)10(15)14(6-13-7)5-8-4-12-2-3-16-8/h6,8,12H,2-5H2,1H3. The second kappa shape index (κ2) is 5.07. The van der Waals surface area contributed by atoms with Crippen molar-refractivity contribution in [3.8, 4) is 0 Å². The average Bonchev–Trinajstić information content (AvgIpc) is 2.31. The summed E-state index contributed by atoms with van der Waals surface area (Å²) in [6, 6.07) is 0. The molecule has 0 spiro atoms. The number of halogens is 1. The van der Waals surface area contributed by atoms with Crippen molar-refractivity contribution in [1.82, 2.24) is 14.9 Å². The highest BCUT2D eigenvalue weighted by molar-refractivity contribution is 9.10. The van der Waals surface area contributed by atoms with Crippen LogP contribution in [-0.2, 0) is 11.3 Å². The highest BCUT2D eigenvalue weighted by Crippen LogP contribution is 2.07. The van der Waals surface area contributed by atoms with E-state index in [-0.39, 0.29) is 11.7 Å². The Morgan fingerprint density at radius 3 is 3.25 bits per heavy atom. The van der Waals surface area contributed by atoms with E-state index in [1.165, 1.54) is 0 Å². The summed E-state index contributed by atoms with van der Waals surface area (Å²) in [6.45, 7) is 4.69. The largest absolute Gasteiger partial charge is 0.374 e. The van der Waals surface area contributed by atoms with Crippen LogP contribution in [0.15, 0.2) is 15.6 Å². The van der Waals surface area contributed by atoms with Crippen LogP contribution >= 0.6 is 15.9 Å². The Kier molecular flexibility index (Phi) is 3.73. The average molecular weight is 288 g/mol. The first kappa shape index (κ1) is 11.8. The summed E-state index contributed by atoms with van der Waals surface area (Å²) in [7, 11) is 0. The molecule has 5 nitrogen and oxygen atoms in total. The zero-order chi connectivity index (χ0) is 11.5. The molecule has 1 atom stereocenters. The van der Waals surface area contributed by atoms with Gasteiger partial charge in [0.25, 0.3) is 5.56 Å². The Morgan fingerprint density at radius 2 is 2.56 bits per heavy atom. The molecule has 1 N–H and O–H groups in total. The molecule has 6 heteroatoms. The third kappa shape index (κ3) is 2.50. The Bertz CT molecular complexity index is 427. The number of ether oxygens (including phenoxy) is 1. The van der Waals surface area contributed by atoms with Crippen molar-refractivity contribution >= 4 is 15.9 Å². The van der Waals surface area contributed by atoms with Crippen molar-refractivity contribution < 1.29 is 4.74 Å². The van der Waals surface area contributed by atoms with Crippen molar-refractivity contribution in [2.24, 2.45) is 0 Å². The molecule has 0 amide bonds. The van der Waals surface area contributed by atoms with Crippen molar-refractivity contribution in [2.45, 2.75) is 19.6 Å². The summed E-state index contributed by atoms with van der Waals surface area (Å²) in [5, 5.41) is 3.23. The molecule has 0 aromatic carbocycles. The zero-order valence-electron chi connectivity index (χ0n) is 9.07. The van der Waals surface area contributed by atoms with E-state index in [4.69, 9.17) is 4.74 Å². The van der Waals surface area contributed by atoms with E-state index < -0.39 is 0 Å². The molecule has 1 aliphatic rings. The van der Waals surface area contributed by atoms with Gasteiger partial charge in [0.2, 0.25) is 0 Å². The van der Waals surface area contributed by atoms with Gasteiger partial charge >= 0.3 is 0 Å². The van der Waals surface area contributed by atoms with Crippen molar-refractivity contribution in [2.75, 3.05) is 19.7 Å². The fourth-order valence-electron chi connectivity index (χ4n) is 1.63. The maximum absolute atomic E-state index is 11.9. The van der Waals surface area contributed by atoms with Crippen LogP contribution in [0, 0.1) is 6.92 Å². The SMILES string of the molecule is Cc1ncn(CC2CNCCO2)c(=O)c1Br. The number of rotatable bonds is 2. The normalized spacial score (nSPS) is 21.0. The molecule has 0 radical (unpaired) electrons. The maximum Gasteiger partial charge on any atom is 0.267 e. The molecule has 1 unspecified atom stereocenters. The van der Waals surface area contributed by atoms with Gasteiger partial charge in [0.05, 0.1) is 31.3 Å². The fourth-order valence-corrected chi connectivity index (χ4v) is 1.96. The summed E-state index contributed by atoms with van der Waals surface area (Å²) in [5.74, 6) is 0. The quantitative estimate of drug-likeness (QED) is 0.850. The van der Waals surface area contributed by atoms with Crippen molar-refractivity contribution in [1.29, 1.82) is 0 Å². The Balaban J connectivity index is 2.15. The van der Waals surface area contributed by atoms with Crippen LogP contribution in [0.5, 0.6) is 0 Å². The summed E-state index contributed by atoms with van der Waals surface area (Å²) in [6.07, 6.45) is 1.61. The summed E-state index contributed by atoms with van der Waals surface area (Å²) in [5.41, 5.74) is 0.658. The van der Waals surface area contributed by atoms with Crippen LogP contribution in [0.25, 0.3) is 0 Å². The number of hydrogen-bond donors (Lipinski definition) is 1. The number of nitrogens with one attached hydrogen (secondary N) is 1. The van der Waals surface area contributed by atoms with E-state index >= 15 is 0 Å². The minimum Gasteiger partial charge on any atom is -0.374 e. The number of morpholine rings is 1. The third-order valence-electron chi connectivity index (χ3n) is 2.56. The highest BCUT2D eigenvalue weighted by Gasteiger charge is 2.15. The molecule has 0 saturated carbocycles. The van der Waals surface area contributed by atoms with Gasteiger partial charge in [0, 0.05) is 13.1 Å². The van der Waals surface area contributed by atoms with Crippen LogP contribution < -0.4 is 10.9 Å². The molecule has 88 valence electrons. The highest BCUT2D eigenvalue weighted by atomic mass is 79.9. The topological polar surface area (TPSA) is 56.1 Å². The second-order valence-electron chi connectivity index (χ2n) is 3.80. The molecule has 2 heterocycles. The van der Waals surface area contributed by atoms with Gasteiger partial charge in [-0.3, -0.25) is 9.36 Å². The van der Waals surface area contributed by atoms with Gasteiger partial charge in [-0.05, 0) is 22.9 Å². The molecule has 1 aromatic heterocycles. The minimum absolute atomic E-state index is 0.0443.